The molecule has 6 heteroatoms. The number of methoxy groups -OCH3 is 1. The van der Waals surface area contributed by atoms with Crippen LogP contribution in [0.1, 0.15) is 18.4 Å². The largest absolute Gasteiger partial charge is 0.497 e. The molecule has 2 aromatic rings. The highest BCUT2D eigenvalue weighted by atomic mass is 32.2. The molecular formula is C20H22N2O3S. The molecule has 0 unspecified atom stereocenters. The third-order valence-corrected chi connectivity index (χ3v) is 4.95. The highest BCUT2D eigenvalue weighted by Gasteiger charge is 2.23. The monoisotopic (exact) mass is 370 g/mol. The summed E-state index contributed by atoms with van der Waals surface area (Å²) in [5.41, 5.74) is 1.67. The number of hydrogen-bond acceptors (Lipinski definition) is 4. The highest BCUT2D eigenvalue weighted by molar-refractivity contribution is 8.00. The van der Waals surface area contributed by atoms with Crippen LogP contribution in [0.5, 0.6) is 5.75 Å². The minimum Gasteiger partial charge on any atom is -0.497 e. The van der Waals surface area contributed by atoms with Gasteiger partial charge in [0.2, 0.25) is 11.8 Å². The van der Waals surface area contributed by atoms with Crippen LogP contribution in [0.25, 0.3) is 0 Å². The Hall–Kier alpha value is -2.47. The van der Waals surface area contributed by atoms with Gasteiger partial charge in [0.1, 0.15) is 5.75 Å². The molecule has 0 atom stereocenters. The van der Waals surface area contributed by atoms with Crippen LogP contribution in [-0.2, 0) is 16.0 Å². The van der Waals surface area contributed by atoms with E-state index in [1.807, 2.05) is 48.5 Å². The lowest BCUT2D eigenvalue weighted by molar-refractivity contribution is -0.120. The van der Waals surface area contributed by atoms with E-state index in [9.17, 15) is 9.59 Å². The van der Waals surface area contributed by atoms with Crippen LogP contribution < -0.4 is 15.4 Å². The van der Waals surface area contributed by atoms with Crippen LogP contribution >= 0.6 is 11.8 Å². The molecule has 1 aliphatic rings. The Labute approximate surface area is 157 Å². The Balaban J connectivity index is 1.45. The molecule has 1 saturated carbocycles. The van der Waals surface area contributed by atoms with Gasteiger partial charge in [-0.25, -0.2) is 0 Å². The minimum absolute atomic E-state index is 0.0546. The van der Waals surface area contributed by atoms with Gasteiger partial charge in [-0.05, 0) is 48.7 Å². The summed E-state index contributed by atoms with van der Waals surface area (Å²) in [5, 5.41) is 5.84. The van der Waals surface area contributed by atoms with Gasteiger partial charge in [-0.1, -0.05) is 18.2 Å². The number of carbonyl (C=O) groups excluding carboxylic acids is 2. The first-order chi connectivity index (χ1) is 12.6. The summed E-state index contributed by atoms with van der Waals surface area (Å²) in [7, 11) is 1.62. The predicted octanol–water partition coefficient (Wildman–Crippen LogP) is 3.25. The summed E-state index contributed by atoms with van der Waals surface area (Å²) in [4.78, 5) is 24.9. The summed E-state index contributed by atoms with van der Waals surface area (Å²) in [6, 6.07) is 15.4. The number of rotatable bonds is 8. The average molecular weight is 370 g/mol. The number of carbonyl (C=O) groups is 2. The van der Waals surface area contributed by atoms with E-state index >= 15 is 0 Å². The first-order valence-electron chi connectivity index (χ1n) is 8.57. The van der Waals surface area contributed by atoms with Crippen LogP contribution in [0.4, 0.5) is 5.69 Å². The zero-order valence-electron chi connectivity index (χ0n) is 14.7. The van der Waals surface area contributed by atoms with E-state index in [-0.39, 0.29) is 11.8 Å². The van der Waals surface area contributed by atoms with Crippen LogP contribution in [0.3, 0.4) is 0 Å². The fourth-order valence-electron chi connectivity index (χ4n) is 2.43. The molecule has 26 heavy (non-hydrogen) atoms. The number of anilines is 1. The third-order valence-electron chi connectivity index (χ3n) is 3.96. The smallest absolute Gasteiger partial charge is 0.234 e. The van der Waals surface area contributed by atoms with Crippen LogP contribution in [-0.4, -0.2) is 30.7 Å². The topological polar surface area (TPSA) is 67.4 Å². The normalized spacial score (nSPS) is 13.1. The second kappa shape index (κ2) is 8.76. The van der Waals surface area contributed by atoms with Crippen molar-refractivity contribution in [1.82, 2.24) is 5.32 Å². The van der Waals surface area contributed by atoms with Gasteiger partial charge in [-0.2, -0.15) is 0 Å². The van der Waals surface area contributed by atoms with E-state index < -0.39 is 0 Å². The molecule has 2 aromatic carbocycles. The quantitative estimate of drug-likeness (QED) is 0.700. The summed E-state index contributed by atoms with van der Waals surface area (Å²) in [5.74, 6) is 1.08. The first-order valence-corrected chi connectivity index (χ1v) is 9.56. The maximum atomic E-state index is 12.1. The summed E-state index contributed by atoms with van der Waals surface area (Å²) >= 11 is 1.46. The first kappa shape index (κ1) is 18.3. The molecule has 1 fully saturated rings. The molecule has 0 saturated heterocycles. The Kier molecular flexibility index (Phi) is 6.17. The number of benzene rings is 2. The molecule has 0 radical (unpaired) electrons. The zero-order valence-corrected chi connectivity index (χ0v) is 15.5. The number of amides is 2. The van der Waals surface area contributed by atoms with E-state index in [4.69, 9.17) is 4.74 Å². The SMILES string of the molecule is COc1cccc(SCC(=O)Nc2ccc(CC(=O)NC3CC3)cc2)c1. The Morgan fingerprint density at radius 1 is 1.12 bits per heavy atom. The van der Waals surface area contributed by atoms with Gasteiger partial charge in [-0.3, -0.25) is 9.59 Å². The Morgan fingerprint density at radius 3 is 2.58 bits per heavy atom. The van der Waals surface area contributed by atoms with Gasteiger partial charge in [0.15, 0.2) is 0 Å². The van der Waals surface area contributed by atoms with Gasteiger partial charge in [0.25, 0.3) is 0 Å². The third kappa shape index (κ3) is 5.81. The standard InChI is InChI=1S/C20H22N2O3S/c1-25-17-3-2-4-18(12-17)26-13-20(24)22-15-7-5-14(6-8-15)11-19(23)21-16-9-10-16/h2-8,12,16H,9-11,13H2,1H3,(H,21,23)(H,22,24). The van der Waals surface area contributed by atoms with Crippen molar-refractivity contribution in [3.05, 3.63) is 54.1 Å². The molecule has 0 bridgehead atoms. The van der Waals surface area contributed by atoms with Crippen LogP contribution in [0.2, 0.25) is 0 Å². The summed E-state index contributed by atoms with van der Waals surface area (Å²) in [6.45, 7) is 0. The van der Waals surface area contributed by atoms with Crippen molar-refractivity contribution in [3.8, 4) is 5.75 Å². The molecule has 2 amide bonds. The van der Waals surface area contributed by atoms with Crippen molar-refractivity contribution in [2.45, 2.75) is 30.2 Å². The van der Waals surface area contributed by atoms with Gasteiger partial charge >= 0.3 is 0 Å². The lowest BCUT2D eigenvalue weighted by atomic mass is 10.1. The number of hydrogen-bond donors (Lipinski definition) is 2. The predicted molar refractivity (Wildman–Crippen MR) is 104 cm³/mol. The van der Waals surface area contributed by atoms with Crippen molar-refractivity contribution in [3.63, 3.8) is 0 Å². The molecule has 136 valence electrons. The fourth-order valence-corrected chi connectivity index (χ4v) is 3.18. The van der Waals surface area contributed by atoms with E-state index in [0.29, 0.717) is 18.2 Å². The molecule has 3 rings (SSSR count). The van der Waals surface area contributed by atoms with E-state index in [1.165, 1.54) is 11.8 Å². The number of thioether (sulfide) groups is 1. The van der Waals surface area contributed by atoms with Crippen molar-refractivity contribution in [2.24, 2.45) is 0 Å². The molecule has 0 aromatic heterocycles. The number of ether oxygens (including phenoxy) is 1. The highest BCUT2D eigenvalue weighted by Crippen LogP contribution is 2.23. The van der Waals surface area contributed by atoms with Gasteiger partial charge in [0.05, 0.1) is 19.3 Å². The van der Waals surface area contributed by atoms with Crippen molar-refractivity contribution in [1.29, 1.82) is 0 Å². The van der Waals surface area contributed by atoms with Crippen LogP contribution in [0, 0.1) is 0 Å². The van der Waals surface area contributed by atoms with Crippen molar-refractivity contribution < 1.29 is 14.3 Å². The lowest BCUT2D eigenvalue weighted by Crippen LogP contribution is -2.26. The molecule has 1 aliphatic carbocycles. The molecule has 0 heterocycles. The maximum absolute atomic E-state index is 12.1. The minimum atomic E-state index is -0.0722. The summed E-state index contributed by atoms with van der Waals surface area (Å²) in [6.07, 6.45) is 2.55. The van der Waals surface area contributed by atoms with E-state index in [0.717, 1.165) is 34.7 Å². The maximum Gasteiger partial charge on any atom is 0.234 e. The van der Waals surface area contributed by atoms with Gasteiger partial charge in [-0.15, -0.1) is 11.8 Å². The zero-order chi connectivity index (χ0) is 18.4. The van der Waals surface area contributed by atoms with Gasteiger partial charge in [0, 0.05) is 16.6 Å². The van der Waals surface area contributed by atoms with Gasteiger partial charge < -0.3 is 15.4 Å². The van der Waals surface area contributed by atoms with Crippen LogP contribution in [0.15, 0.2) is 53.4 Å². The second-order valence-electron chi connectivity index (χ2n) is 6.23. The molecular weight excluding hydrogens is 348 g/mol. The number of nitrogens with one attached hydrogen (secondary N) is 2. The van der Waals surface area contributed by atoms with E-state index in [1.54, 1.807) is 7.11 Å². The Morgan fingerprint density at radius 2 is 1.88 bits per heavy atom. The molecule has 2 N–H and O–H groups in total. The lowest BCUT2D eigenvalue weighted by Gasteiger charge is -2.08. The molecule has 0 spiro atoms. The molecule has 0 aliphatic heterocycles. The fraction of sp³-hybridized carbons (Fsp3) is 0.300. The second-order valence-corrected chi connectivity index (χ2v) is 7.28. The van der Waals surface area contributed by atoms with Crippen molar-refractivity contribution >= 4 is 29.3 Å². The average Bonchev–Trinajstić information content (AvgIpc) is 3.45. The molecule has 5 nitrogen and oxygen atoms in total. The van der Waals surface area contributed by atoms with Crippen molar-refractivity contribution in [2.75, 3.05) is 18.2 Å². The van der Waals surface area contributed by atoms with E-state index in [2.05, 4.69) is 10.6 Å². The Bertz CT molecular complexity index is 773. The summed E-state index contributed by atoms with van der Waals surface area (Å²) < 4.78 is 5.18.